The minimum absolute atomic E-state index is 0.403. The molecule has 3 heterocycles. The lowest BCUT2D eigenvalue weighted by molar-refractivity contribution is -0.0511. The van der Waals surface area contributed by atoms with Gasteiger partial charge in [0, 0.05) is 17.8 Å². The number of ether oxygens (including phenoxy) is 1. The van der Waals surface area contributed by atoms with E-state index in [4.69, 9.17) is 10.5 Å². The second-order valence-corrected chi connectivity index (χ2v) is 8.24. The number of nitrogens with two attached hydrogens (primary N) is 1. The third-order valence-electron chi connectivity index (χ3n) is 6.06. The molecular weight excluding hydrogens is 436 g/mol. The number of aliphatic hydroxyl groups is 3. The van der Waals surface area contributed by atoms with Crippen molar-refractivity contribution in [1.82, 2.24) is 19.5 Å². The summed E-state index contributed by atoms with van der Waals surface area (Å²) < 4.78 is 7.15. The summed E-state index contributed by atoms with van der Waals surface area (Å²) in [4.78, 5) is 13.0. The van der Waals surface area contributed by atoms with E-state index in [1.807, 2.05) is 42.5 Å². The average molecular weight is 463 g/mol. The molecule has 0 saturated carbocycles. The zero-order valence-electron chi connectivity index (χ0n) is 18.3. The van der Waals surface area contributed by atoms with Crippen molar-refractivity contribution in [3.8, 4) is 11.1 Å². The molecule has 2 aromatic carbocycles. The molecule has 1 aliphatic heterocycles. The summed E-state index contributed by atoms with van der Waals surface area (Å²) in [5.41, 5.74) is 11.1. The maximum absolute atomic E-state index is 10.3. The van der Waals surface area contributed by atoms with Crippen LogP contribution in [0.2, 0.25) is 0 Å². The van der Waals surface area contributed by atoms with Crippen molar-refractivity contribution in [2.24, 2.45) is 0 Å². The van der Waals surface area contributed by atoms with Crippen LogP contribution in [0, 0.1) is 0 Å². The van der Waals surface area contributed by atoms with Crippen LogP contribution in [-0.2, 0) is 11.2 Å². The molecule has 1 fully saturated rings. The second kappa shape index (κ2) is 9.35. The minimum Gasteiger partial charge on any atom is -0.398 e. The van der Waals surface area contributed by atoms with Crippen molar-refractivity contribution in [2.75, 3.05) is 24.2 Å². The van der Waals surface area contributed by atoms with Crippen molar-refractivity contribution in [3.05, 3.63) is 66.7 Å². The Hall–Kier alpha value is -3.57. The van der Waals surface area contributed by atoms with Gasteiger partial charge in [0.15, 0.2) is 23.2 Å². The van der Waals surface area contributed by atoms with Crippen molar-refractivity contribution in [2.45, 2.75) is 31.0 Å². The Kier molecular flexibility index (Phi) is 6.12. The lowest BCUT2D eigenvalue weighted by Crippen LogP contribution is -2.33. The van der Waals surface area contributed by atoms with Crippen molar-refractivity contribution in [1.29, 1.82) is 0 Å². The molecule has 4 aromatic rings. The number of nitrogens with zero attached hydrogens (tertiary/aromatic N) is 4. The van der Waals surface area contributed by atoms with Gasteiger partial charge in [-0.25, -0.2) is 15.0 Å². The smallest absolute Gasteiger partial charge is 0.167 e. The van der Waals surface area contributed by atoms with E-state index in [-0.39, 0.29) is 0 Å². The first-order chi connectivity index (χ1) is 16.6. The largest absolute Gasteiger partial charge is 0.398 e. The third-order valence-corrected chi connectivity index (χ3v) is 6.06. The molecule has 0 bridgehead atoms. The minimum atomic E-state index is -1.22. The van der Waals surface area contributed by atoms with Crippen LogP contribution in [0.4, 0.5) is 11.5 Å². The van der Waals surface area contributed by atoms with Gasteiger partial charge in [0.25, 0.3) is 0 Å². The monoisotopic (exact) mass is 462 g/mol. The van der Waals surface area contributed by atoms with Crippen LogP contribution in [0.3, 0.4) is 0 Å². The topological polar surface area (TPSA) is 152 Å². The van der Waals surface area contributed by atoms with E-state index in [9.17, 15) is 15.3 Å². The number of imidazole rings is 1. The molecule has 10 nitrogen and oxygen atoms in total. The summed E-state index contributed by atoms with van der Waals surface area (Å²) in [6, 6.07) is 16.1. The number of benzene rings is 2. The zero-order chi connectivity index (χ0) is 23.7. The van der Waals surface area contributed by atoms with Crippen LogP contribution in [-0.4, -0.2) is 66.3 Å². The summed E-state index contributed by atoms with van der Waals surface area (Å²) in [5, 5.41) is 33.1. The molecule has 176 valence electrons. The fourth-order valence-corrected chi connectivity index (χ4v) is 4.23. The van der Waals surface area contributed by atoms with Crippen LogP contribution in [0.5, 0.6) is 0 Å². The number of aliphatic hydroxyl groups excluding tert-OH is 3. The first-order valence-corrected chi connectivity index (χ1v) is 11.0. The van der Waals surface area contributed by atoms with E-state index < -0.39 is 31.1 Å². The Morgan fingerprint density at radius 3 is 2.62 bits per heavy atom. The molecule has 1 aliphatic rings. The molecule has 6 N–H and O–H groups in total. The number of aromatic nitrogens is 4. The number of nitrogen functional groups attached to an aromatic ring is 1. The van der Waals surface area contributed by atoms with Gasteiger partial charge in [-0.3, -0.25) is 4.57 Å². The van der Waals surface area contributed by atoms with E-state index in [0.717, 1.165) is 28.8 Å². The number of rotatable bonds is 7. The van der Waals surface area contributed by atoms with Gasteiger partial charge in [-0.1, -0.05) is 36.4 Å². The molecule has 10 heteroatoms. The van der Waals surface area contributed by atoms with Crippen LogP contribution in [0.15, 0.2) is 61.2 Å². The Morgan fingerprint density at radius 2 is 1.85 bits per heavy atom. The Balaban J connectivity index is 1.31. The SMILES string of the molecule is Nc1ccc(CCNc2ncnc3c2ncn3[C@@H]2O[C@H](CO)[C@@H](O)[C@H]2O)cc1-c1ccccc1. The molecule has 0 unspecified atom stereocenters. The Morgan fingerprint density at radius 1 is 1.03 bits per heavy atom. The molecule has 34 heavy (non-hydrogen) atoms. The quantitative estimate of drug-likeness (QED) is 0.256. The van der Waals surface area contributed by atoms with Gasteiger partial charge < -0.3 is 31.1 Å². The predicted octanol–water partition coefficient (Wildman–Crippen LogP) is 1.34. The molecule has 0 amide bonds. The molecular formula is C24H26N6O4. The summed E-state index contributed by atoms with van der Waals surface area (Å²) in [7, 11) is 0. The van der Waals surface area contributed by atoms with Crippen LogP contribution >= 0.6 is 0 Å². The highest BCUT2D eigenvalue weighted by Crippen LogP contribution is 2.32. The summed E-state index contributed by atoms with van der Waals surface area (Å²) in [6.45, 7) is 0.200. The van der Waals surface area contributed by atoms with Gasteiger partial charge in [0.1, 0.15) is 24.6 Å². The van der Waals surface area contributed by atoms with E-state index in [1.54, 1.807) is 0 Å². The molecule has 0 radical (unpaired) electrons. The maximum atomic E-state index is 10.3. The van der Waals surface area contributed by atoms with Gasteiger partial charge in [0.2, 0.25) is 0 Å². The lowest BCUT2D eigenvalue weighted by atomic mass is 10.00. The van der Waals surface area contributed by atoms with Gasteiger partial charge in [0.05, 0.1) is 12.9 Å². The van der Waals surface area contributed by atoms with Crippen molar-refractivity contribution >= 4 is 22.7 Å². The number of fused-ring (bicyclic) bond motifs is 1. The van der Waals surface area contributed by atoms with Crippen LogP contribution in [0.25, 0.3) is 22.3 Å². The Bertz CT molecular complexity index is 1280. The fraction of sp³-hybridized carbons (Fsp3) is 0.292. The highest BCUT2D eigenvalue weighted by atomic mass is 16.6. The summed E-state index contributed by atoms with van der Waals surface area (Å²) in [6.07, 6.45) is -0.583. The van der Waals surface area contributed by atoms with E-state index in [1.165, 1.54) is 17.2 Å². The summed E-state index contributed by atoms with van der Waals surface area (Å²) in [5.74, 6) is 0.550. The molecule has 0 spiro atoms. The Labute approximate surface area is 195 Å². The van der Waals surface area contributed by atoms with Gasteiger partial charge >= 0.3 is 0 Å². The first-order valence-electron chi connectivity index (χ1n) is 11.0. The van der Waals surface area contributed by atoms with E-state index in [2.05, 4.69) is 26.3 Å². The molecule has 2 aromatic heterocycles. The number of anilines is 2. The second-order valence-electron chi connectivity index (χ2n) is 8.24. The van der Waals surface area contributed by atoms with Crippen LogP contribution in [0.1, 0.15) is 11.8 Å². The zero-order valence-corrected chi connectivity index (χ0v) is 18.3. The van der Waals surface area contributed by atoms with Gasteiger partial charge in [-0.2, -0.15) is 0 Å². The van der Waals surface area contributed by atoms with Crippen molar-refractivity contribution in [3.63, 3.8) is 0 Å². The van der Waals surface area contributed by atoms with Crippen molar-refractivity contribution < 1.29 is 20.1 Å². The standard InChI is InChI=1S/C24H26N6O4/c25-17-7-6-14(10-16(17)15-4-2-1-3-5-15)8-9-26-22-19-23(28-12-27-22)30(13-29-19)24-21(33)20(32)18(11-31)34-24/h1-7,10,12-13,18,20-21,24,31-33H,8-9,11,25H2,(H,26,27,28)/t18-,20-,21-,24-/m1/s1. The van der Waals surface area contributed by atoms with Gasteiger partial charge in [-0.15, -0.1) is 0 Å². The number of hydrogen-bond acceptors (Lipinski definition) is 9. The fourth-order valence-electron chi connectivity index (χ4n) is 4.23. The normalized spacial score (nSPS) is 22.3. The molecule has 5 rings (SSSR count). The summed E-state index contributed by atoms with van der Waals surface area (Å²) >= 11 is 0. The van der Waals surface area contributed by atoms with E-state index in [0.29, 0.717) is 23.5 Å². The molecule has 4 atom stereocenters. The predicted molar refractivity (Wildman–Crippen MR) is 127 cm³/mol. The van der Waals surface area contributed by atoms with Crippen LogP contribution < -0.4 is 11.1 Å². The highest BCUT2D eigenvalue weighted by molar-refractivity contribution is 5.82. The first kappa shape index (κ1) is 22.2. The van der Waals surface area contributed by atoms with Gasteiger partial charge in [-0.05, 0) is 29.7 Å². The third kappa shape index (κ3) is 4.08. The number of nitrogens with one attached hydrogen (secondary N) is 1. The molecule has 0 aliphatic carbocycles. The molecule has 1 saturated heterocycles. The highest BCUT2D eigenvalue weighted by Gasteiger charge is 2.44. The average Bonchev–Trinajstić information content (AvgIpc) is 3.42. The maximum Gasteiger partial charge on any atom is 0.167 e. The van der Waals surface area contributed by atoms with E-state index >= 15 is 0 Å². The lowest BCUT2D eigenvalue weighted by Gasteiger charge is -2.16. The number of hydrogen-bond donors (Lipinski definition) is 5.